The maximum Gasteiger partial charge on any atom is 0.122 e. The standard InChI is InChI=1S/C13H20O2/c1-3-10(4-2)5-6-11-7-8-12(14)9-13(11)15/h7-10,14-15H,3-6H2,1-2H3. The molecule has 0 saturated heterocycles. The Morgan fingerprint density at radius 1 is 1.13 bits per heavy atom. The normalized spacial score (nSPS) is 10.9. The number of phenolic OH excluding ortho intramolecular Hbond substituents is 2. The van der Waals surface area contributed by atoms with Crippen molar-refractivity contribution in [2.75, 3.05) is 0 Å². The molecule has 0 saturated carbocycles. The first kappa shape index (κ1) is 11.9. The molecule has 2 heteroatoms. The zero-order valence-electron chi connectivity index (χ0n) is 9.53. The van der Waals surface area contributed by atoms with E-state index in [2.05, 4.69) is 13.8 Å². The van der Waals surface area contributed by atoms with Crippen molar-refractivity contribution in [2.45, 2.75) is 39.5 Å². The topological polar surface area (TPSA) is 40.5 Å². The monoisotopic (exact) mass is 208 g/mol. The summed E-state index contributed by atoms with van der Waals surface area (Å²) in [6, 6.07) is 4.83. The van der Waals surface area contributed by atoms with Gasteiger partial charge in [-0.25, -0.2) is 0 Å². The molecule has 0 radical (unpaired) electrons. The molecule has 1 aromatic rings. The summed E-state index contributed by atoms with van der Waals surface area (Å²) in [6.45, 7) is 4.40. The first-order chi connectivity index (χ1) is 7.17. The van der Waals surface area contributed by atoms with Crippen molar-refractivity contribution in [2.24, 2.45) is 5.92 Å². The average molecular weight is 208 g/mol. The number of aryl methyl sites for hydroxylation is 1. The molecular formula is C13H20O2. The van der Waals surface area contributed by atoms with Crippen molar-refractivity contribution in [3.63, 3.8) is 0 Å². The van der Waals surface area contributed by atoms with Gasteiger partial charge in [0.05, 0.1) is 0 Å². The van der Waals surface area contributed by atoms with Gasteiger partial charge in [-0.2, -0.15) is 0 Å². The van der Waals surface area contributed by atoms with E-state index in [-0.39, 0.29) is 11.5 Å². The first-order valence-electron chi connectivity index (χ1n) is 5.68. The van der Waals surface area contributed by atoms with Gasteiger partial charge in [0.15, 0.2) is 0 Å². The van der Waals surface area contributed by atoms with Crippen molar-refractivity contribution in [3.8, 4) is 11.5 Å². The van der Waals surface area contributed by atoms with Gasteiger partial charge in [0.2, 0.25) is 0 Å². The fourth-order valence-corrected chi connectivity index (χ4v) is 1.82. The Kier molecular flexibility index (Phi) is 4.47. The van der Waals surface area contributed by atoms with Gasteiger partial charge in [-0.3, -0.25) is 0 Å². The molecule has 0 aromatic heterocycles. The molecule has 0 aliphatic heterocycles. The van der Waals surface area contributed by atoms with Gasteiger partial charge >= 0.3 is 0 Å². The highest BCUT2D eigenvalue weighted by Crippen LogP contribution is 2.25. The average Bonchev–Trinajstić information content (AvgIpc) is 2.22. The molecule has 0 heterocycles. The van der Waals surface area contributed by atoms with E-state index in [0.29, 0.717) is 0 Å². The minimum Gasteiger partial charge on any atom is -0.508 e. The molecule has 1 rings (SSSR count). The van der Waals surface area contributed by atoms with Crippen molar-refractivity contribution in [1.29, 1.82) is 0 Å². The van der Waals surface area contributed by atoms with Gasteiger partial charge < -0.3 is 10.2 Å². The van der Waals surface area contributed by atoms with Crippen molar-refractivity contribution < 1.29 is 10.2 Å². The van der Waals surface area contributed by atoms with Gasteiger partial charge in [0, 0.05) is 6.07 Å². The summed E-state index contributed by atoms with van der Waals surface area (Å²) in [5.41, 5.74) is 0.930. The van der Waals surface area contributed by atoms with Gasteiger partial charge in [-0.1, -0.05) is 32.8 Å². The number of phenols is 2. The lowest BCUT2D eigenvalue weighted by Gasteiger charge is -2.12. The van der Waals surface area contributed by atoms with Crippen molar-refractivity contribution >= 4 is 0 Å². The predicted octanol–water partition coefficient (Wildman–Crippen LogP) is 3.47. The van der Waals surface area contributed by atoms with Gasteiger partial charge in [0.1, 0.15) is 11.5 Å². The highest BCUT2D eigenvalue weighted by molar-refractivity contribution is 5.38. The fraction of sp³-hybridized carbons (Fsp3) is 0.538. The van der Waals surface area contributed by atoms with E-state index in [1.165, 1.54) is 18.9 Å². The summed E-state index contributed by atoms with van der Waals surface area (Å²) in [4.78, 5) is 0. The van der Waals surface area contributed by atoms with Gasteiger partial charge in [-0.05, 0) is 30.4 Å². The highest BCUT2D eigenvalue weighted by atomic mass is 16.3. The second kappa shape index (κ2) is 5.64. The van der Waals surface area contributed by atoms with Crippen LogP contribution in [-0.4, -0.2) is 10.2 Å². The Balaban J connectivity index is 2.57. The molecule has 0 amide bonds. The summed E-state index contributed by atoms with van der Waals surface area (Å²) in [5, 5.41) is 18.7. The molecular weight excluding hydrogens is 188 g/mol. The zero-order chi connectivity index (χ0) is 11.3. The molecule has 0 bridgehead atoms. The summed E-state index contributed by atoms with van der Waals surface area (Å²) in [6.07, 6.45) is 4.37. The molecule has 1 aromatic carbocycles. The maximum absolute atomic E-state index is 9.59. The van der Waals surface area contributed by atoms with Crippen LogP contribution < -0.4 is 0 Å². The minimum atomic E-state index is 0.124. The van der Waals surface area contributed by atoms with E-state index in [1.54, 1.807) is 12.1 Å². The van der Waals surface area contributed by atoms with Crippen LogP contribution in [0.15, 0.2) is 18.2 Å². The van der Waals surface area contributed by atoms with E-state index in [4.69, 9.17) is 5.11 Å². The van der Waals surface area contributed by atoms with Crippen LogP contribution in [0.1, 0.15) is 38.7 Å². The number of aromatic hydroxyl groups is 2. The number of benzene rings is 1. The Morgan fingerprint density at radius 3 is 2.33 bits per heavy atom. The summed E-state index contributed by atoms with van der Waals surface area (Å²) >= 11 is 0. The smallest absolute Gasteiger partial charge is 0.122 e. The SMILES string of the molecule is CCC(CC)CCc1ccc(O)cc1O. The molecule has 2 nitrogen and oxygen atoms in total. The van der Waals surface area contributed by atoms with Crippen molar-refractivity contribution in [3.05, 3.63) is 23.8 Å². The predicted molar refractivity (Wildman–Crippen MR) is 62.2 cm³/mol. The van der Waals surface area contributed by atoms with Crippen LogP contribution in [0.5, 0.6) is 11.5 Å². The lowest BCUT2D eigenvalue weighted by Crippen LogP contribution is -1.99. The van der Waals surface area contributed by atoms with Crippen LogP contribution in [0, 0.1) is 5.92 Å². The van der Waals surface area contributed by atoms with Crippen molar-refractivity contribution in [1.82, 2.24) is 0 Å². The molecule has 0 unspecified atom stereocenters. The van der Waals surface area contributed by atoms with Crippen LogP contribution >= 0.6 is 0 Å². The lowest BCUT2D eigenvalue weighted by atomic mass is 9.95. The van der Waals surface area contributed by atoms with Gasteiger partial charge in [-0.15, -0.1) is 0 Å². The third-order valence-corrected chi connectivity index (χ3v) is 3.05. The van der Waals surface area contributed by atoms with Gasteiger partial charge in [0.25, 0.3) is 0 Å². The molecule has 0 aliphatic rings. The van der Waals surface area contributed by atoms with Crippen LogP contribution in [0.4, 0.5) is 0 Å². The Bertz CT molecular complexity index is 303. The molecule has 0 atom stereocenters. The quantitative estimate of drug-likeness (QED) is 0.777. The first-order valence-corrected chi connectivity index (χ1v) is 5.68. The van der Waals surface area contributed by atoms with E-state index in [1.807, 2.05) is 0 Å². The van der Waals surface area contributed by atoms with E-state index < -0.39 is 0 Å². The van der Waals surface area contributed by atoms with Crippen LogP contribution in [0.3, 0.4) is 0 Å². The molecule has 0 fully saturated rings. The summed E-state index contributed by atoms with van der Waals surface area (Å²) in [5.74, 6) is 1.07. The second-order valence-electron chi connectivity index (χ2n) is 4.03. The molecule has 84 valence electrons. The Hall–Kier alpha value is -1.18. The summed E-state index contributed by atoms with van der Waals surface area (Å²) < 4.78 is 0. The van der Waals surface area contributed by atoms with Crippen LogP contribution in [-0.2, 0) is 6.42 Å². The highest BCUT2D eigenvalue weighted by Gasteiger charge is 2.07. The van der Waals surface area contributed by atoms with E-state index in [0.717, 1.165) is 24.3 Å². The van der Waals surface area contributed by atoms with Crippen LogP contribution in [0.2, 0.25) is 0 Å². The lowest BCUT2D eigenvalue weighted by molar-refractivity contribution is 0.431. The van der Waals surface area contributed by atoms with Crippen LogP contribution in [0.25, 0.3) is 0 Å². The molecule has 0 aliphatic carbocycles. The molecule has 2 N–H and O–H groups in total. The zero-order valence-corrected chi connectivity index (χ0v) is 9.53. The van der Waals surface area contributed by atoms with E-state index >= 15 is 0 Å². The third-order valence-electron chi connectivity index (χ3n) is 3.05. The Labute approximate surface area is 91.6 Å². The fourth-order valence-electron chi connectivity index (χ4n) is 1.82. The second-order valence-corrected chi connectivity index (χ2v) is 4.03. The van der Waals surface area contributed by atoms with E-state index in [9.17, 15) is 5.11 Å². The number of rotatable bonds is 5. The molecule has 15 heavy (non-hydrogen) atoms. The number of hydrogen-bond donors (Lipinski definition) is 2. The number of hydrogen-bond acceptors (Lipinski definition) is 2. The molecule has 0 spiro atoms. The largest absolute Gasteiger partial charge is 0.508 e. The third kappa shape index (κ3) is 3.46. The minimum absolute atomic E-state index is 0.124. The Morgan fingerprint density at radius 2 is 1.80 bits per heavy atom. The summed E-state index contributed by atoms with van der Waals surface area (Å²) in [7, 11) is 0. The maximum atomic E-state index is 9.59.